The molecule has 0 heterocycles. The van der Waals surface area contributed by atoms with E-state index in [1.54, 1.807) is 12.1 Å². The Bertz CT molecular complexity index is 938. The average molecular weight is 453 g/mol. The first-order chi connectivity index (χ1) is 14.0. The molecule has 4 fully saturated rings. The van der Waals surface area contributed by atoms with E-state index in [-0.39, 0.29) is 23.8 Å². The van der Waals surface area contributed by atoms with Crippen LogP contribution in [-0.2, 0) is 14.9 Å². The van der Waals surface area contributed by atoms with Crippen LogP contribution in [0, 0.1) is 17.3 Å². The first-order valence-electron chi connectivity index (χ1n) is 10.5. The molecule has 0 aliphatic heterocycles. The van der Waals surface area contributed by atoms with Crippen LogP contribution in [0.4, 0.5) is 0 Å². The lowest BCUT2D eigenvalue weighted by molar-refractivity contribution is -0.172. The molecule has 2 atom stereocenters. The zero-order valence-electron chi connectivity index (χ0n) is 16.4. The Hall–Kier alpha value is -1.94. The molecule has 29 heavy (non-hydrogen) atoms. The van der Waals surface area contributed by atoms with Crippen LogP contribution in [0.3, 0.4) is 0 Å². The normalized spacial score (nSPS) is 32.2. The van der Waals surface area contributed by atoms with Crippen molar-refractivity contribution in [3.05, 3.63) is 70.2 Å². The van der Waals surface area contributed by atoms with Gasteiger partial charge in [-0.15, -0.1) is 0 Å². The van der Waals surface area contributed by atoms with Crippen LogP contribution in [-0.4, -0.2) is 18.4 Å². The van der Waals surface area contributed by atoms with Gasteiger partial charge in [-0.05, 0) is 73.5 Å². The van der Waals surface area contributed by atoms with Gasteiger partial charge in [-0.3, -0.25) is 9.59 Å². The molecule has 0 saturated heterocycles. The number of esters is 1. The third-order valence-corrected chi connectivity index (χ3v) is 7.85. The summed E-state index contributed by atoms with van der Waals surface area (Å²) in [5, 5.41) is 0. The second-order valence-corrected chi connectivity index (χ2v) is 10.3. The van der Waals surface area contributed by atoms with Gasteiger partial charge in [-0.25, -0.2) is 0 Å². The number of rotatable bonds is 5. The zero-order chi connectivity index (χ0) is 20.1. The van der Waals surface area contributed by atoms with Gasteiger partial charge in [0.1, 0.15) is 0 Å². The third kappa shape index (κ3) is 3.35. The smallest absolute Gasteiger partial charge is 0.312 e. The molecule has 6 rings (SSSR count). The predicted molar refractivity (Wildman–Crippen MR) is 115 cm³/mol. The van der Waals surface area contributed by atoms with E-state index in [4.69, 9.17) is 4.74 Å². The van der Waals surface area contributed by atoms with Gasteiger partial charge < -0.3 is 4.74 Å². The van der Waals surface area contributed by atoms with E-state index in [0.717, 1.165) is 23.7 Å². The first-order valence-corrected chi connectivity index (χ1v) is 11.3. The minimum absolute atomic E-state index is 0.0959. The van der Waals surface area contributed by atoms with E-state index < -0.39 is 5.41 Å². The lowest BCUT2D eigenvalue weighted by Crippen LogP contribution is -2.57. The second kappa shape index (κ2) is 7.09. The van der Waals surface area contributed by atoms with Crippen LogP contribution >= 0.6 is 15.9 Å². The lowest BCUT2D eigenvalue weighted by Gasteiger charge is -2.61. The number of hydrogen-bond acceptors (Lipinski definition) is 3. The van der Waals surface area contributed by atoms with Crippen LogP contribution in [0.15, 0.2) is 59.1 Å². The number of benzene rings is 2. The summed E-state index contributed by atoms with van der Waals surface area (Å²) in [4.78, 5) is 25.8. The van der Waals surface area contributed by atoms with E-state index >= 15 is 0 Å². The summed E-state index contributed by atoms with van der Waals surface area (Å²) in [6.45, 7) is -0.176. The maximum atomic E-state index is 13.3. The summed E-state index contributed by atoms with van der Waals surface area (Å²) in [6, 6.07) is 17.9. The lowest BCUT2D eigenvalue weighted by atomic mass is 9.43. The van der Waals surface area contributed by atoms with E-state index in [1.807, 2.05) is 12.1 Å². The molecular weight excluding hydrogens is 428 g/mol. The maximum absolute atomic E-state index is 13.3. The molecule has 0 radical (unpaired) electrons. The van der Waals surface area contributed by atoms with Crippen LogP contribution in [0.5, 0.6) is 0 Å². The van der Waals surface area contributed by atoms with Crippen molar-refractivity contribution in [2.45, 2.75) is 43.9 Å². The Balaban J connectivity index is 1.35. The van der Waals surface area contributed by atoms with Gasteiger partial charge in [0.15, 0.2) is 12.4 Å². The predicted octanol–water partition coefficient (Wildman–Crippen LogP) is 5.71. The SMILES string of the molecule is O=C(COC(=O)C12CC3CC(C1)CC(c1ccccc1)(C3)C2)c1cccc(Br)c1. The topological polar surface area (TPSA) is 43.4 Å². The number of halogens is 1. The molecule has 0 amide bonds. The molecule has 4 saturated carbocycles. The highest BCUT2D eigenvalue weighted by Gasteiger charge is 2.61. The number of hydrogen-bond donors (Lipinski definition) is 0. The van der Waals surface area contributed by atoms with Crippen molar-refractivity contribution in [3.8, 4) is 0 Å². The van der Waals surface area contributed by atoms with Crippen LogP contribution < -0.4 is 0 Å². The van der Waals surface area contributed by atoms with Gasteiger partial charge in [0.2, 0.25) is 0 Å². The van der Waals surface area contributed by atoms with E-state index in [2.05, 4.69) is 46.3 Å². The van der Waals surface area contributed by atoms with Crippen molar-refractivity contribution in [2.24, 2.45) is 17.3 Å². The quantitative estimate of drug-likeness (QED) is 0.430. The summed E-state index contributed by atoms with van der Waals surface area (Å²) in [6.07, 6.45) is 6.30. The maximum Gasteiger partial charge on any atom is 0.312 e. The highest BCUT2D eigenvalue weighted by atomic mass is 79.9. The summed E-state index contributed by atoms with van der Waals surface area (Å²) in [5.74, 6) is 0.868. The zero-order valence-corrected chi connectivity index (χ0v) is 18.0. The Labute approximate surface area is 180 Å². The summed E-state index contributed by atoms with van der Waals surface area (Å²) in [7, 11) is 0. The molecule has 4 aliphatic carbocycles. The van der Waals surface area contributed by atoms with Crippen molar-refractivity contribution in [1.82, 2.24) is 0 Å². The van der Waals surface area contributed by atoms with Gasteiger partial charge in [0.05, 0.1) is 5.41 Å². The highest BCUT2D eigenvalue weighted by Crippen LogP contribution is 2.66. The molecule has 0 spiro atoms. The Morgan fingerprint density at radius 3 is 2.38 bits per heavy atom. The van der Waals surface area contributed by atoms with Crippen molar-refractivity contribution in [2.75, 3.05) is 6.61 Å². The summed E-state index contributed by atoms with van der Waals surface area (Å²) in [5.41, 5.74) is 1.62. The van der Waals surface area contributed by atoms with Crippen molar-refractivity contribution >= 4 is 27.7 Å². The van der Waals surface area contributed by atoms with Crippen molar-refractivity contribution in [3.63, 3.8) is 0 Å². The average Bonchev–Trinajstić information content (AvgIpc) is 2.71. The Kier molecular flexibility index (Phi) is 4.65. The standard InChI is InChI=1S/C25H25BrO3/c26-21-8-4-5-19(10-21)22(27)15-29-23(28)25-13-17-9-18(14-25)12-24(11-17,16-25)20-6-2-1-3-7-20/h1-8,10,17-18H,9,11-16H2. The third-order valence-electron chi connectivity index (χ3n) is 7.36. The highest BCUT2D eigenvalue weighted by molar-refractivity contribution is 9.10. The molecule has 2 aromatic rings. The monoisotopic (exact) mass is 452 g/mol. The molecule has 150 valence electrons. The number of ketones is 1. The first kappa shape index (κ1) is 19.0. The van der Waals surface area contributed by atoms with Crippen LogP contribution in [0.2, 0.25) is 0 Å². The number of Topliss-reactive ketones (excluding diaryl/α,β-unsaturated/α-hetero) is 1. The van der Waals surface area contributed by atoms with Gasteiger partial charge in [-0.1, -0.05) is 58.4 Å². The van der Waals surface area contributed by atoms with Gasteiger partial charge in [0, 0.05) is 10.0 Å². The molecule has 0 aromatic heterocycles. The molecule has 4 heteroatoms. The van der Waals surface area contributed by atoms with Gasteiger partial charge >= 0.3 is 5.97 Å². The minimum Gasteiger partial charge on any atom is -0.457 e. The molecule has 0 N–H and O–H groups in total. The fourth-order valence-electron chi connectivity index (χ4n) is 6.66. The molecule has 3 nitrogen and oxygen atoms in total. The summed E-state index contributed by atoms with van der Waals surface area (Å²) < 4.78 is 6.51. The molecule has 4 bridgehead atoms. The van der Waals surface area contributed by atoms with Crippen LogP contribution in [0.1, 0.15) is 54.4 Å². The van der Waals surface area contributed by atoms with E-state index in [9.17, 15) is 9.59 Å². The second-order valence-electron chi connectivity index (χ2n) is 9.40. The van der Waals surface area contributed by atoms with E-state index in [0.29, 0.717) is 17.4 Å². The largest absolute Gasteiger partial charge is 0.457 e. The van der Waals surface area contributed by atoms with Gasteiger partial charge in [-0.2, -0.15) is 0 Å². The van der Waals surface area contributed by atoms with Crippen molar-refractivity contribution < 1.29 is 14.3 Å². The number of carbonyl (C=O) groups is 2. The Morgan fingerprint density at radius 2 is 1.69 bits per heavy atom. The minimum atomic E-state index is -0.419. The molecule has 2 unspecified atom stereocenters. The van der Waals surface area contributed by atoms with E-state index in [1.165, 1.54) is 24.8 Å². The van der Waals surface area contributed by atoms with Crippen molar-refractivity contribution in [1.29, 1.82) is 0 Å². The fourth-order valence-corrected chi connectivity index (χ4v) is 7.06. The number of carbonyl (C=O) groups excluding carboxylic acids is 2. The summed E-state index contributed by atoms with van der Waals surface area (Å²) >= 11 is 3.39. The molecule has 4 aliphatic rings. The van der Waals surface area contributed by atoms with Gasteiger partial charge in [0.25, 0.3) is 0 Å². The van der Waals surface area contributed by atoms with Crippen LogP contribution in [0.25, 0.3) is 0 Å². The fraction of sp³-hybridized carbons (Fsp3) is 0.440. The Morgan fingerprint density at radius 1 is 0.966 bits per heavy atom. The molecular formula is C25H25BrO3. The molecule has 2 aromatic carbocycles. The number of ether oxygens (including phenoxy) is 1.